The van der Waals surface area contributed by atoms with Gasteiger partial charge in [-0.2, -0.15) is 14.8 Å². The van der Waals surface area contributed by atoms with E-state index in [1.807, 2.05) is 45.0 Å². The molecule has 196 valence electrons. The normalized spacial score (nSPS) is 15.0. The Labute approximate surface area is 214 Å². The monoisotopic (exact) mass is 509 g/mol. The van der Waals surface area contributed by atoms with Crippen LogP contribution in [0.5, 0.6) is 0 Å². The SMILES string of the molecule is CC(C)(C)OC(=O)n1ncc2ccc(Nc3nc(N4CCC(CNCCF)CC4)c4occc4n3)cc21. The van der Waals surface area contributed by atoms with Crippen molar-refractivity contribution in [3.05, 3.63) is 36.7 Å². The lowest BCUT2D eigenvalue weighted by Gasteiger charge is -2.32. The molecule has 1 fully saturated rings. The number of benzene rings is 1. The van der Waals surface area contributed by atoms with Gasteiger partial charge < -0.3 is 24.7 Å². The van der Waals surface area contributed by atoms with Gasteiger partial charge in [0.05, 0.1) is 18.0 Å². The average molecular weight is 510 g/mol. The first-order valence-electron chi connectivity index (χ1n) is 12.6. The Kier molecular flexibility index (Phi) is 6.96. The summed E-state index contributed by atoms with van der Waals surface area (Å²) in [6, 6.07) is 7.41. The Bertz CT molecular complexity index is 1390. The van der Waals surface area contributed by atoms with E-state index in [0.29, 0.717) is 40.7 Å². The standard InChI is InChI=1S/C26H32FN7O3/c1-26(2,3)37-25(35)34-21-14-19(5-4-18(21)16-29-34)30-24-31-20-8-13-36-22(20)23(32-24)33-11-6-17(7-12-33)15-28-10-9-27/h4-5,8,13-14,16-17,28H,6-7,9-12,15H2,1-3H3,(H,30,31,32). The van der Waals surface area contributed by atoms with E-state index in [4.69, 9.17) is 14.1 Å². The number of anilines is 3. The molecular formula is C26H32FN7O3. The van der Waals surface area contributed by atoms with E-state index >= 15 is 0 Å². The number of piperidine rings is 1. The lowest BCUT2D eigenvalue weighted by Crippen LogP contribution is -2.38. The molecule has 0 saturated carbocycles. The zero-order valence-electron chi connectivity index (χ0n) is 21.3. The first-order valence-corrected chi connectivity index (χ1v) is 12.6. The summed E-state index contributed by atoms with van der Waals surface area (Å²) in [5.74, 6) is 1.68. The zero-order chi connectivity index (χ0) is 26.0. The van der Waals surface area contributed by atoms with Gasteiger partial charge in [-0.15, -0.1) is 0 Å². The minimum Gasteiger partial charge on any atom is -0.459 e. The first kappa shape index (κ1) is 24.9. The summed E-state index contributed by atoms with van der Waals surface area (Å²) < 4.78 is 24.9. The maximum Gasteiger partial charge on any atom is 0.435 e. The molecule has 3 aromatic heterocycles. The van der Waals surface area contributed by atoms with Crippen molar-refractivity contribution < 1.29 is 18.3 Å². The van der Waals surface area contributed by atoms with Crippen LogP contribution in [0.15, 0.2) is 41.1 Å². The smallest absolute Gasteiger partial charge is 0.435 e. The molecule has 0 aliphatic carbocycles. The molecule has 1 aromatic carbocycles. The molecule has 4 aromatic rings. The number of halogens is 1. The van der Waals surface area contributed by atoms with Crippen molar-refractivity contribution >= 4 is 45.5 Å². The summed E-state index contributed by atoms with van der Waals surface area (Å²) in [6.07, 6.45) is 4.68. The third-order valence-corrected chi connectivity index (χ3v) is 6.30. The van der Waals surface area contributed by atoms with Crippen molar-refractivity contribution in [2.24, 2.45) is 5.92 Å². The second-order valence-corrected chi connectivity index (χ2v) is 10.3. The van der Waals surface area contributed by atoms with Crippen LogP contribution in [0.2, 0.25) is 0 Å². The minimum atomic E-state index is -0.630. The van der Waals surface area contributed by atoms with Gasteiger partial charge in [0, 0.05) is 36.8 Å². The molecule has 0 atom stereocenters. The summed E-state index contributed by atoms with van der Waals surface area (Å²) in [6.45, 7) is 7.99. The van der Waals surface area contributed by atoms with Crippen LogP contribution in [0, 0.1) is 5.92 Å². The van der Waals surface area contributed by atoms with Crippen molar-refractivity contribution in [3.8, 4) is 0 Å². The molecule has 0 bridgehead atoms. The molecule has 1 aliphatic heterocycles. The third-order valence-electron chi connectivity index (χ3n) is 6.30. The second kappa shape index (κ2) is 10.3. The Balaban J connectivity index is 1.37. The lowest BCUT2D eigenvalue weighted by atomic mass is 9.97. The van der Waals surface area contributed by atoms with Gasteiger partial charge in [0.15, 0.2) is 11.4 Å². The number of nitrogens with zero attached hydrogens (tertiary/aromatic N) is 5. The van der Waals surface area contributed by atoms with Gasteiger partial charge >= 0.3 is 6.09 Å². The molecule has 1 aliphatic rings. The number of hydrogen-bond acceptors (Lipinski definition) is 9. The molecule has 1 saturated heterocycles. The highest BCUT2D eigenvalue weighted by Gasteiger charge is 2.24. The number of alkyl halides is 1. The fraction of sp³-hybridized carbons (Fsp3) is 0.462. The summed E-state index contributed by atoms with van der Waals surface area (Å²) >= 11 is 0. The van der Waals surface area contributed by atoms with Crippen LogP contribution in [0.1, 0.15) is 33.6 Å². The molecular weight excluding hydrogens is 477 g/mol. The third kappa shape index (κ3) is 5.66. The number of aromatic nitrogens is 4. The summed E-state index contributed by atoms with van der Waals surface area (Å²) in [7, 11) is 0. The van der Waals surface area contributed by atoms with Crippen LogP contribution in [-0.4, -0.2) is 64.3 Å². The van der Waals surface area contributed by atoms with Gasteiger partial charge in [-0.25, -0.2) is 14.2 Å². The van der Waals surface area contributed by atoms with Crippen molar-refractivity contribution in [2.75, 3.05) is 43.1 Å². The van der Waals surface area contributed by atoms with Gasteiger partial charge in [-0.1, -0.05) is 0 Å². The fourth-order valence-electron chi connectivity index (χ4n) is 4.52. The molecule has 2 N–H and O–H groups in total. The molecule has 11 heteroatoms. The number of fused-ring (bicyclic) bond motifs is 2. The number of furan rings is 1. The Hall–Kier alpha value is -3.73. The summed E-state index contributed by atoms with van der Waals surface area (Å²) in [4.78, 5) is 24.3. The quantitative estimate of drug-likeness (QED) is 0.337. The number of rotatable bonds is 7. The molecule has 0 radical (unpaired) electrons. The van der Waals surface area contributed by atoms with E-state index in [9.17, 15) is 9.18 Å². The molecule has 0 amide bonds. The lowest BCUT2D eigenvalue weighted by molar-refractivity contribution is 0.0522. The predicted octanol–water partition coefficient (Wildman–Crippen LogP) is 4.87. The molecule has 10 nitrogen and oxygen atoms in total. The van der Waals surface area contributed by atoms with E-state index in [1.165, 1.54) is 4.68 Å². The van der Waals surface area contributed by atoms with Crippen LogP contribution >= 0.6 is 0 Å². The van der Waals surface area contributed by atoms with Crippen molar-refractivity contribution in [2.45, 2.75) is 39.2 Å². The Morgan fingerprint density at radius 3 is 2.78 bits per heavy atom. The number of nitrogens with one attached hydrogen (secondary N) is 2. The van der Waals surface area contributed by atoms with Gasteiger partial charge in [-0.05, 0) is 64.3 Å². The molecule has 0 spiro atoms. The van der Waals surface area contributed by atoms with Gasteiger partial charge in [0.1, 0.15) is 17.8 Å². The van der Waals surface area contributed by atoms with Crippen LogP contribution in [-0.2, 0) is 4.74 Å². The zero-order valence-corrected chi connectivity index (χ0v) is 21.3. The maximum atomic E-state index is 12.6. The van der Waals surface area contributed by atoms with E-state index < -0.39 is 11.7 Å². The predicted molar refractivity (Wildman–Crippen MR) is 140 cm³/mol. The van der Waals surface area contributed by atoms with E-state index in [-0.39, 0.29) is 6.67 Å². The van der Waals surface area contributed by atoms with Crippen LogP contribution in [0.3, 0.4) is 0 Å². The first-order chi connectivity index (χ1) is 17.8. The highest BCUT2D eigenvalue weighted by Crippen LogP contribution is 2.31. The highest BCUT2D eigenvalue weighted by molar-refractivity contribution is 5.90. The maximum absolute atomic E-state index is 12.6. The van der Waals surface area contributed by atoms with Crippen LogP contribution < -0.4 is 15.5 Å². The van der Waals surface area contributed by atoms with Crippen LogP contribution in [0.25, 0.3) is 22.0 Å². The van der Waals surface area contributed by atoms with E-state index in [0.717, 1.165) is 43.7 Å². The molecule has 5 rings (SSSR count). The number of hydrogen-bond donors (Lipinski definition) is 2. The van der Waals surface area contributed by atoms with Crippen molar-refractivity contribution in [1.29, 1.82) is 0 Å². The Morgan fingerprint density at radius 2 is 2.03 bits per heavy atom. The highest BCUT2D eigenvalue weighted by atomic mass is 19.1. The van der Waals surface area contributed by atoms with Gasteiger partial charge in [-0.3, -0.25) is 0 Å². The number of carbonyl (C=O) groups is 1. The van der Waals surface area contributed by atoms with Crippen molar-refractivity contribution in [1.82, 2.24) is 25.1 Å². The van der Waals surface area contributed by atoms with Gasteiger partial charge in [0.2, 0.25) is 5.95 Å². The second-order valence-electron chi connectivity index (χ2n) is 10.3. The molecule has 37 heavy (non-hydrogen) atoms. The molecule has 4 heterocycles. The minimum absolute atomic E-state index is 0.345. The Morgan fingerprint density at radius 1 is 1.22 bits per heavy atom. The molecule has 0 unspecified atom stereocenters. The topological polar surface area (TPSA) is 110 Å². The average Bonchev–Trinajstić information content (AvgIpc) is 3.50. The van der Waals surface area contributed by atoms with Gasteiger partial charge in [0.25, 0.3) is 0 Å². The van der Waals surface area contributed by atoms with Crippen molar-refractivity contribution in [3.63, 3.8) is 0 Å². The van der Waals surface area contributed by atoms with E-state index in [1.54, 1.807) is 12.5 Å². The fourth-order valence-corrected chi connectivity index (χ4v) is 4.52. The largest absolute Gasteiger partial charge is 0.459 e. The number of ether oxygens (including phenoxy) is 1. The summed E-state index contributed by atoms with van der Waals surface area (Å²) in [5, 5.41) is 11.5. The van der Waals surface area contributed by atoms with E-state index in [2.05, 4.69) is 25.6 Å². The van der Waals surface area contributed by atoms with Crippen LogP contribution in [0.4, 0.5) is 26.6 Å². The summed E-state index contributed by atoms with van der Waals surface area (Å²) in [5.41, 5.74) is 2.06. The number of carbonyl (C=O) groups excluding carboxylic acids is 1.